The number of carbonyl (C=O) groups excluding carboxylic acids is 1. The number of carbonyl (C=O) groups is 1. The molecule has 118 valence electrons. The van der Waals surface area contributed by atoms with Crippen molar-refractivity contribution < 1.29 is 9.53 Å². The maximum absolute atomic E-state index is 11.5. The molecular formula is C16H16N4O2S. The van der Waals surface area contributed by atoms with E-state index >= 15 is 0 Å². The zero-order valence-corrected chi connectivity index (χ0v) is 13.8. The van der Waals surface area contributed by atoms with Crippen LogP contribution in [0.3, 0.4) is 0 Å². The molecule has 3 rings (SSSR count). The van der Waals surface area contributed by atoms with Gasteiger partial charge in [-0.05, 0) is 36.9 Å². The molecule has 7 heteroatoms. The fourth-order valence-electron chi connectivity index (χ4n) is 2.56. The van der Waals surface area contributed by atoms with E-state index in [0.29, 0.717) is 22.7 Å². The molecule has 0 unspecified atom stereocenters. The number of aromatic nitrogens is 2. The van der Waals surface area contributed by atoms with Crippen molar-refractivity contribution in [1.29, 1.82) is 0 Å². The molecule has 23 heavy (non-hydrogen) atoms. The molecule has 3 aromatic rings. The Bertz CT molecular complexity index is 904. The number of hydrogen-bond acceptors (Lipinski definition) is 6. The average molecular weight is 328 g/mol. The summed E-state index contributed by atoms with van der Waals surface area (Å²) in [6.45, 7) is 3.82. The number of methoxy groups -OCH3 is 1. The fourth-order valence-corrected chi connectivity index (χ4v) is 3.45. The third-order valence-electron chi connectivity index (χ3n) is 3.68. The quantitative estimate of drug-likeness (QED) is 0.768. The molecule has 3 N–H and O–H groups in total. The standard InChI is InChI=1S/C16H16N4O2S/c1-8-6-23-16-12(8)15(18-7-19-16)20-11-5-4-10(14(17)21)9(2)13(11)22-3/h4-7H,1-3H3,(H2,17,21)(H,18,19,20). The Morgan fingerprint density at radius 1 is 1.30 bits per heavy atom. The van der Waals surface area contributed by atoms with E-state index in [9.17, 15) is 4.79 Å². The first-order valence-electron chi connectivity index (χ1n) is 6.96. The van der Waals surface area contributed by atoms with Crippen LogP contribution >= 0.6 is 11.3 Å². The van der Waals surface area contributed by atoms with Gasteiger partial charge in [0.25, 0.3) is 0 Å². The van der Waals surface area contributed by atoms with Crippen LogP contribution in [0.4, 0.5) is 11.5 Å². The smallest absolute Gasteiger partial charge is 0.249 e. The SMILES string of the molecule is COc1c(Nc2ncnc3scc(C)c23)ccc(C(N)=O)c1C. The van der Waals surface area contributed by atoms with E-state index < -0.39 is 5.91 Å². The predicted octanol–water partition coefficient (Wildman–Crippen LogP) is 3.16. The molecule has 0 aliphatic rings. The van der Waals surface area contributed by atoms with E-state index in [-0.39, 0.29) is 0 Å². The Kier molecular flexibility index (Phi) is 3.87. The largest absolute Gasteiger partial charge is 0.494 e. The maximum Gasteiger partial charge on any atom is 0.249 e. The summed E-state index contributed by atoms with van der Waals surface area (Å²) in [5.74, 6) is 0.796. The van der Waals surface area contributed by atoms with Crippen molar-refractivity contribution in [3.8, 4) is 5.75 Å². The highest BCUT2D eigenvalue weighted by molar-refractivity contribution is 7.17. The van der Waals surface area contributed by atoms with Crippen molar-refractivity contribution in [2.45, 2.75) is 13.8 Å². The lowest BCUT2D eigenvalue weighted by molar-refractivity contribution is 0.0999. The Balaban J connectivity index is 2.11. The molecule has 0 atom stereocenters. The Morgan fingerprint density at radius 3 is 2.78 bits per heavy atom. The summed E-state index contributed by atoms with van der Waals surface area (Å²) in [6, 6.07) is 3.45. The molecule has 1 aromatic carbocycles. The first-order valence-corrected chi connectivity index (χ1v) is 7.84. The zero-order valence-electron chi connectivity index (χ0n) is 13.0. The average Bonchev–Trinajstić information content (AvgIpc) is 2.90. The Hall–Kier alpha value is -2.67. The second-order valence-corrected chi connectivity index (χ2v) is 5.99. The van der Waals surface area contributed by atoms with Gasteiger partial charge < -0.3 is 15.8 Å². The maximum atomic E-state index is 11.5. The summed E-state index contributed by atoms with van der Waals surface area (Å²) in [5.41, 5.74) is 8.35. The minimum Gasteiger partial charge on any atom is -0.494 e. The highest BCUT2D eigenvalue weighted by atomic mass is 32.1. The van der Waals surface area contributed by atoms with Crippen molar-refractivity contribution in [3.63, 3.8) is 0 Å². The zero-order chi connectivity index (χ0) is 16.6. The van der Waals surface area contributed by atoms with Gasteiger partial charge in [0.15, 0.2) is 0 Å². The Labute approximate surface area is 137 Å². The molecule has 0 spiro atoms. The van der Waals surface area contributed by atoms with E-state index in [1.807, 2.05) is 12.3 Å². The van der Waals surface area contributed by atoms with Crippen LogP contribution in [0, 0.1) is 13.8 Å². The number of primary amides is 1. The van der Waals surface area contributed by atoms with E-state index in [4.69, 9.17) is 10.5 Å². The van der Waals surface area contributed by atoms with Crippen molar-refractivity contribution in [1.82, 2.24) is 9.97 Å². The number of benzene rings is 1. The molecule has 6 nitrogen and oxygen atoms in total. The molecule has 2 heterocycles. The monoisotopic (exact) mass is 328 g/mol. The van der Waals surface area contributed by atoms with Crippen molar-refractivity contribution in [2.24, 2.45) is 5.73 Å². The van der Waals surface area contributed by atoms with Gasteiger partial charge in [-0.15, -0.1) is 11.3 Å². The topological polar surface area (TPSA) is 90.1 Å². The third kappa shape index (κ3) is 2.59. The molecule has 0 saturated carbocycles. The van der Waals surface area contributed by atoms with Crippen molar-refractivity contribution >= 4 is 39.0 Å². The number of rotatable bonds is 4. The number of nitrogens with zero attached hydrogens (tertiary/aromatic N) is 2. The number of hydrogen-bond donors (Lipinski definition) is 2. The number of thiophene rings is 1. The number of nitrogens with one attached hydrogen (secondary N) is 1. The third-order valence-corrected chi connectivity index (χ3v) is 4.69. The van der Waals surface area contributed by atoms with Gasteiger partial charge in [-0.2, -0.15) is 0 Å². The molecule has 0 saturated heterocycles. The first-order chi connectivity index (χ1) is 11.0. The van der Waals surface area contributed by atoms with Crippen molar-refractivity contribution in [3.05, 3.63) is 40.5 Å². The van der Waals surface area contributed by atoms with Gasteiger partial charge in [0.1, 0.15) is 22.7 Å². The highest BCUT2D eigenvalue weighted by Gasteiger charge is 2.16. The van der Waals surface area contributed by atoms with Gasteiger partial charge in [0.05, 0.1) is 18.2 Å². The molecule has 1 amide bonds. The number of fused-ring (bicyclic) bond motifs is 1. The summed E-state index contributed by atoms with van der Waals surface area (Å²) >= 11 is 1.57. The van der Waals surface area contributed by atoms with Crippen LogP contribution < -0.4 is 15.8 Å². The van der Waals surface area contributed by atoms with Crippen molar-refractivity contribution in [2.75, 3.05) is 12.4 Å². The van der Waals surface area contributed by atoms with E-state index in [1.54, 1.807) is 37.5 Å². The lowest BCUT2D eigenvalue weighted by Crippen LogP contribution is -2.13. The minimum absolute atomic E-state index is 0.437. The normalized spacial score (nSPS) is 10.7. The number of nitrogens with two attached hydrogens (primary N) is 1. The highest BCUT2D eigenvalue weighted by Crippen LogP contribution is 2.35. The second kappa shape index (κ2) is 5.85. The van der Waals surface area contributed by atoms with Crippen LogP contribution in [0.5, 0.6) is 5.75 Å². The van der Waals surface area contributed by atoms with E-state index in [2.05, 4.69) is 15.3 Å². The Morgan fingerprint density at radius 2 is 2.09 bits per heavy atom. The van der Waals surface area contributed by atoms with Crippen LogP contribution in [0.1, 0.15) is 21.5 Å². The first kappa shape index (κ1) is 15.2. The molecule has 2 aromatic heterocycles. The summed E-state index contributed by atoms with van der Waals surface area (Å²) in [7, 11) is 1.56. The molecule has 0 aliphatic heterocycles. The van der Waals surface area contributed by atoms with Gasteiger partial charge in [-0.25, -0.2) is 9.97 Å². The lowest BCUT2D eigenvalue weighted by Gasteiger charge is -2.15. The molecule has 0 bridgehead atoms. The van der Waals surface area contributed by atoms with Gasteiger partial charge in [-0.1, -0.05) is 0 Å². The van der Waals surface area contributed by atoms with Gasteiger partial charge in [0.2, 0.25) is 5.91 Å². The summed E-state index contributed by atoms with van der Waals surface area (Å²) < 4.78 is 5.45. The molecular weight excluding hydrogens is 312 g/mol. The summed E-state index contributed by atoms with van der Waals surface area (Å²) in [4.78, 5) is 21.0. The molecule has 0 fully saturated rings. The second-order valence-electron chi connectivity index (χ2n) is 5.13. The van der Waals surface area contributed by atoms with Gasteiger partial charge in [-0.3, -0.25) is 4.79 Å². The van der Waals surface area contributed by atoms with E-state index in [1.165, 1.54) is 6.33 Å². The predicted molar refractivity (Wildman–Crippen MR) is 91.7 cm³/mol. The number of amides is 1. The van der Waals surface area contributed by atoms with Crippen LogP contribution in [0.2, 0.25) is 0 Å². The molecule has 0 aliphatic carbocycles. The van der Waals surface area contributed by atoms with Crippen LogP contribution in [-0.4, -0.2) is 23.0 Å². The number of ether oxygens (including phenoxy) is 1. The lowest BCUT2D eigenvalue weighted by atomic mass is 10.1. The number of anilines is 2. The fraction of sp³-hybridized carbons (Fsp3) is 0.188. The number of aryl methyl sites for hydroxylation is 1. The summed E-state index contributed by atoms with van der Waals surface area (Å²) in [6.07, 6.45) is 1.53. The van der Waals surface area contributed by atoms with Crippen LogP contribution in [0.15, 0.2) is 23.8 Å². The minimum atomic E-state index is -0.481. The van der Waals surface area contributed by atoms with Crippen LogP contribution in [-0.2, 0) is 0 Å². The van der Waals surface area contributed by atoms with Crippen LogP contribution in [0.25, 0.3) is 10.2 Å². The van der Waals surface area contributed by atoms with Gasteiger partial charge >= 0.3 is 0 Å². The summed E-state index contributed by atoms with van der Waals surface area (Å²) in [5, 5.41) is 6.31. The van der Waals surface area contributed by atoms with E-state index in [0.717, 1.165) is 21.5 Å². The molecule has 0 radical (unpaired) electrons. The van der Waals surface area contributed by atoms with Gasteiger partial charge in [0, 0.05) is 11.1 Å².